The number of nitrogens with one attached hydrogen (secondary N) is 3. The Morgan fingerprint density at radius 2 is 1.39 bits per heavy atom. The number of carbonyl (C=O) groups is 5. The lowest BCUT2D eigenvalue weighted by atomic mass is 10.0. The largest absolute Gasteiger partial charge is 0.480 e. The highest BCUT2D eigenvalue weighted by molar-refractivity contribution is 5.94. The Balaban J connectivity index is 5.24. The van der Waals surface area contributed by atoms with Gasteiger partial charge >= 0.3 is 5.97 Å². The van der Waals surface area contributed by atoms with Crippen LogP contribution in [0.3, 0.4) is 0 Å². The molecule has 4 unspecified atom stereocenters. The number of aliphatic hydroxyl groups is 1. The van der Waals surface area contributed by atoms with Crippen LogP contribution < -0.4 is 33.2 Å². The number of amides is 4. The third-order valence-corrected chi connectivity index (χ3v) is 4.75. The fraction of sp³-hybridized carbons (Fsp3) is 0.750. The molecule has 0 aromatic rings. The zero-order chi connectivity index (χ0) is 25.6. The Bertz CT molecular complexity index is 673. The molecule has 11 N–H and O–H groups in total. The highest BCUT2D eigenvalue weighted by Gasteiger charge is 2.30. The van der Waals surface area contributed by atoms with Crippen molar-refractivity contribution in [3.63, 3.8) is 0 Å². The van der Waals surface area contributed by atoms with E-state index >= 15 is 0 Å². The number of rotatable bonds is 17. The molecule has 0 fully saturated rings. The van der Waals surface area contributed by atoms with Gasteiger partial charge in [0.15, 0.2) is 0 Å². The van der Waals surface area contributed by atoms with Gasteiger partial charge in [-0.05, 0) is 44.6 Å². The normalized spacial score (nSPS) is 14.6. The first-order chi connectivity index (χ1) is 15.4. The molecule has 13 nitrogen and oxygen atoms in total. The van der Waals surface area contributed by atoms with E-state index in [1.807, 2.05) is 13.8 Å². The molecule has 0 aliphatic carbocycles. The van der Waals surface area contributed by atoms with Crippen molar-refractivity contribution in [1.82, 2.24) is 16.0 Å². The molecule has 0 spiro atoms. The first kappa shape index (κ1) is 30.2. The van der Waals surface area contributed by atoms with Gasteiger partial charge in [0.2, 0.25) is 23.6 Å². The summed E-state index contributed by atoms with van der Waals surface area (Å²) in [5.74, 6) is -4.22. The lowest BCUT2D eigenvalue weighted by Gasteiger charge is -2.24. The van der Waals surface area contributed by atoms with Crippen LogP contribution in [0, 0.1) is 5.92 Å². The van der Waals surface area contributed by atoms with E-state index in [1.54, 1.807) is 0 Å². The monoisotopic (exact) mass is 474 g/mol. The van der Waals surface area contributed by atoms with Crippen LogP contribution in [0.5, 0.6) is 0 Å². The van der Waals surface area contributed by atoms with Crippen molar-refractivity contribution in [2.24, 2.45) is 23.1 Å². The van der Waals surface area contributed by atoms with Crippen LogP contribution in [0.25, 0.3) is 0 Å². The SMILES string of the molecule is CC(C)CC(N)C(=O)NC(CCCCN)C(=O)NC(CO)C(=O)NC(CCC(N)=O)C(=O)O. The minimum atomic E-state index is -1.48. The standard InChI is InChI=1S/C20H38N6O7/c1-11(2)9-12(22)17(29)24-13(5-3-4-8-21)18(30)26-15(10-27)19(31)25-14(20(32)33)6-7-16(23)28/h11-15,27H,3-10,21-22H2,1-2H3,(H2,23,28)(H,24,29)(H,25,31)(H,26,30)(H,32,33). The van der Waals surface area contributed by atoms with Crippen LogP contribution in [0.4, 0.5) is 0 Å². The topological polar surface area (TPSA) is 240 Å². The van der Waals surface area contributed by atoms with Crippen LogP contribution in [-0.4, -0.2) is 77.1 Å². The minimum Gasteiger partial charge on any atom is -0.480 e. The second kappa shape index (κ2) is 15.9. The Morgan fingerprint density at radius 1 is 0.848 bits per heavy atom. The first-order valence-corrected chi connectivity index (χ1v) is 10.9. The van der Waals surface area contributed by atoms with E-state index in [9.17, 15) is 34.2 Å². The van der Waals surface area contributed by atoms with Crippen molar-refractivity contribution in [2.75, 3.05) is 13.2 Å². The van der Waals surface area contributed by atoms with Crippen molar-refractivity contribution < 1.29 is 34.2 Å². The van der Waals surface area contributed by atoms with Gasteiger partial charge in [0.05, 0.1) is 12.6 Å². The van der Waals surface area contributed by atoms with Gasteiger partial charge in [0.1, 0.15) is 18.1 Å². The van der Waals surface area contributed by atoms with Gasteiger partial charge < -0.3 is 43.4 Å². The van der Waals surface area contributed by atoms with E-state index in [1.165, 1.54) is 0 Å². The van der Waals surface area contributed by atoms with Gasteiger partial charge in [-0.2, -0.15) is 0 Å². The number of unbranched alkanes of at least 4 members (excludes halogenated alkanes) is 1. The summed E-state index contributed by atoms with van der Waals surface area (Å²) in [5.41, 5.74) is 16.4. The average molecular weight is 475 g/mol. The van der Waals surface area contributed by atoms with Crippen molar-refractivity contribution >= 4 is 29.6 Å². The van der Waals surface area contributed by atoms with Crippen LogP contribution in [-0.2, 0) is 24.0 Å². The van der Waals surface area contributed by atoms with Gasteiger partial charge in [0, 0.05) is 6.42 Å². The molecule has 0 aliphatic heterocycles. The summed E-state index contributed by atoms with van der Waals surface area (Å²) in [6.07, 6.45) is 1.21. The molecule has 0 radical (unpaired) electrons. The lowest BCUT2D eigenvalue weighted by Crippen LogP contribution is -2.58. The number of aliphatic hydroxyl groups excluding tert-OH is 1. The van der Waals surface area contributed by atoms with Gasteiger partial charge in [-0.1, -0.05) is 13.8 Å². The molecule has 0 aliphatic rings. The summed E-state index contributed by atoms with van der Waals surface area (Å²) in [7, 11) is 0. The molecular formula is C20H38N6O7. The Labute approximate surface area is 193 Å². The quantitative estimate of drug-likeness (QED) is 0.102. The summed E-state index contributed by atoms with van der Waals surface area (Å²) in [6, 6.07) is -4.78. The average Bonchev–Trinajstić information content (AvgIpc) is 2.72. The number of primary amides is 1. The van der Waals surface area contributed by atoms with E-state index in [4.69, 9.17) is 17.2 Å². The predicted molar refractivity (Wildman–Crippen MR) is 119 cm³/mol. The van der Waals surface area contributed by atoms with Gasteiger partial charge in [-0.3, -0.25) is 19.2 Å². The number of carboxylic acids is 1. The van der Waals surface area contributed by atoms with Gasteiger partial charge in [0.25, 0.3) is 0 Å². The number of nitrogens with two attached hydrogens (primary N) is 3. The maximum Gasteiger partial charge on any atom is 0.326 e. The Kier molecular flexibility index (Phi) is 14.6. The molecule has 0 rings (SSSR count). The van der Waals surface area contributed by atoms with Crippen molar-refractivity contribution in [1.29, 1.82) is 0 Å². The van der Waals surface area contributed by atoms with E-state index in [2.05, 4.69) is 16.0 Å². The highest BCUT2D eigenvalue weighted by atomic mass is 16.4. The van der Waals surface area contributed by atoms with Crippen LogP contribution in [0.1, 0.15) is 52.4 Å². The van der Waals surface area contributed by atoms with Gasteiger partial charge in [-0.25, -0.2) is 4.79 Å². The zero-order valence-corrected chi connectivity index (χ0v) is 19.2. The lowest BCUT2D eigenvalue weighted by molar-refractivity contribution is -0.143. The minimum absolute atomic E-state index is 0.162. The summed E-state index contributed by atoms with van der Waals surface area (Å²) < 4.78 is 0. The van der Waals surface area contributed by atoms with E-state index in [-0.39, 0.29) is 25.2 Å². The van der Waals surface area contributed by atoms with E-state index < -0.39 is 60.4 Å². The Morgan fingerprint density at radius 3 is 1.88 bits per heavy atom. The number of carboxylic acid groups (broad SMARTS) is 1. The first-order valence-electron chi connectivity index (χ1n) is 10.9. The predicted octanol–water partition coefficient (Wildman–Crippen LogP) is -2.71. The molecule has 33 heavy (non-hydrogen) atoms. The molecular weight excluding hydrogens is 436 g/mol. The van der Waals surface area contributed by atoms with E-state index in [0.29, 0.717) is 25.8 Å². The summed E-state index contributed by atoms with van der Waals surface area (Å²) in [4.78, 5) is 59.8. The maximum absolute atomic E-state index is 12.8. The maximum atomic E-state index is 12.8. The summed E-state index contributed by atoms with van der Waals surface area (Å²) >= 11 is 0. The molecule has 4 atom stereocenters. The summed E-state index contributed by atoms with van der Waals surface area (Å²) in [5, 5.41) is 25.8. The number of carbonyl (C=O) groups excluding carboxylic acids is 4. The summed E-state index contributed by atoms with van der Waals surface area (Å²) in [6.45, 7) is 3.36. The molecule has 0 saturated heterocycles. The second-order valence-electron chi connectivity index (χ2n) is 8.23. The third-order valence-electron chi connectivity index (χ3n) is 4.75. The van der Waals surface area contributed by atoms with Crippen molar-refractivity contribution in [2.45, 2.75) is 76.5 Å². The van der Waals surface area contributed by atoms with Gasteiger partial charge in [-0.15, -0.1) is 0 Å². The molecule has 190 valence electrons. The number of hydrogen-bond acceptors (Lipinski definition) is 8. The second-order valence-corrected chi connectivity index (χ2v) is 8.23. The van der Waals surface area contributed by atoms with Crippen LogP contribution in [0.15, 0.2) is 0 Å². The Hall–Kier alpha value is -2.77. The number of hydrogen-bond donors (Lipinski definition) is 8. The van der Waals surface area contributed by atoms with Crippen LogP contribution in [0.2, 0.25) is 0 Å². The molecule has 0 aromatic heterocycles. The molecule has 4 amide bonds. The van der Waals surface area contributed by atoms with Crippen LogP contribution >= 0.6 is 0 Å². The van der Waals surface area contributed by atoms with E-state index in [0.717, 1.165) is 0 Å². The fourth-order valence-electron chi connectivity index (χ4n) is 2.94. The smallest absolute Gasteiger partial charge is 0.326 e. The number of aliphatic carboxylic acids is 1. The highest BCUT2D eigenvalue weighted by Crippen LogP contribution is 2.06. The molecule has 0 aromatic carbocycles. The van der Waals surface area contributed by atoms with Crippen molar-refractivity contribution in [3.05, 3.63) is 0 Å². The molecule has 0 bridgehead atoms. The van der Waals surface area contributed by atoms with Crippen molar-refractivity contribution in [3.8, 4) is 0 Å². The zero-order valence-electron chi connectivity index (χ0n) is 19.2. The fourth-order valence-corrected chi connectivity index (χ4v) is 2.94. The molecule has 0 saturated carbocycles. The third kappa shape index (κ3) is 12.7. The molecule has 13 heteroatoms. The molecule has 0 heterocycles.